The molecule has 1 amide bonds. The van der Waals surface area contributed by atoms with Crippen LogP contribution in [-0.4, -0.2) is 18.7 Å². The van der Waals surface area contributed by atoms with Gasteiger partial charge >= 0.3 is 6.09 Å². The lowest BCUT2D eigenvalue weighted by atomic mass is 10.0. The number of nitrogens with one attached hydrogen (secondary N) is 1. The Labute approximate surface area is 112 Å². The summed E-state index contributed by atoms with van der Waals surface area (Å²) in [5, 5.41) is 2.79. The fraction of sp³-hybridized carbons (Fsp3) is 0.188. The second-order valence-electron chi connectivity index (χ2n) is 4.71. The predicted molar refractivity (Wildman–Crippen MR) is 73.9 cm³/mol. The number of hydrogen-bond acceptors (Lipinski definition) is 2. The van der Waals surface area contributed by atoms with Crippen molar-refractivity contribution in [1.29, 1.82) is 0 Å². The van der Waals surface area contributed by atoms with Gasteiger partial charge in [0, 0.05) is 0 Å². The van der Waals surface area contributed by atoms with Crippen LogP contribution in [0.4, 0.5) is 4.79 Å². The number of alkyl carbamates (subject to hydrolysis) is 1. The van der Waals surface area contributed by atoms with E-state index in [1.165, 1.54) is 16.7 Å². The Balaban J connectivity index is 1.71. The molecule has 1 heterocycles. The standard InChI is InChI=1S/C16H15NO2/c18-16-17-15(11-19-16)10-12-6-8-14(9-7-12)13-4-2-1-3-5-13/h1-9,15H,10-11H2,(H,17,18)/t15-/m0/s1. The molecule has 2 aromatic carbocycles. The zero-order chi connectivity index (χ0) is 13.1. The van der Waals surface area contributed by atoms with Crippen molar-refractivity contribution < 1.29 is 9.53 Å². The summed E-state index contributed by atoms with van der Waals surface area (Å²) >= 11 is 0. The second-order valence-corrected chi connectivity index (χ2v) is 4.71. The van der Waals surface area contributed by atoms with Gasteiger partial charge in [0.25, 0.3) is 0 Å². The largest absolute Gasteiger partial charge is 0.447 e. The van der Waals surface area contributed by atoms with Crippen molar-refractivity contribution in [3.05, 3.63) is 60.2 Å². The lowest BCUT2D eigenvalue weighted by Crippen LogP contribution is -2.28. The van der Waals surface area contributed by atoms with Crippen LogP contribution in [0.2, 0.25) is 0 Å². The van der Waals surface area contributed by atoms with Crippen LogP contribution >= 0.6 is 0 Å². The molecule has 0 radical (unpaired) electrons. The Bertz CT molecular complexity index is 563. The van der Waals surface area contributed by atoms with E-state index in [1.54, 1.807) is 0 Å². The fourth-order valence-electron chi connectivity index (χ4n) is 2.28. The second kappa shape index (κ2) is 5.14. The minimum Gasteiger partial charge on any atom is -0.447 e. The number of carbonyl (C=O) groups is 1. The number of ether oxygens (including phenoxy) is 1. The van der Waals surface area contributed by atoms with Crippen molar-refractivity contribution in [1.82, 2.24) is 5.32 Å². The van der Waals surface area contributed by atoms with Gasteiger partial charge in [-0.3, -0.25) is 0 Å². The quantitative estimate of drug-likeness (QED) is 0.913. The minimum atomic E-state index is -0.314. The third kappa shape index (κ3) is 2.76. The summed E-state index contributed by atoms with van der Waals surface area (Å²) in [6.45, 7) is 0.458. The van der Waals surface area contributed by atoms with E-state index in [4.69, 9.17) is 4.74 Å². The molecule has 0 unspecified atom stereocenters. The van der Waals surface area contributed by atoms with Crippen LogP contribution in [0.25, 0.3) is 11.1 Å². The molecular weight excluding hydrogens is 238 g/mol. The number of rotatable bonds is 3. The molecule has 19 heavy (non-hydrogen) atoms. The van der Waals surface area contributed by atoms with Gasteiger partial charge in [0.2, 0.25) is 0 Å². The molecule has 96 valence electrons. The topological polar surface area (TPSA) is 38.3 Å². The molecule has 3 heteroatoms. The molecule has 1 saturated heterocycles. The lowest BCUT2D eigenvalue weighted by Gasteiger charge is -2.08. The van der Waals surface area contributed by atoms with Crippen molar-refractivity contribution in [2.45, 2.75) is 12.5 Å². The maximum absolute atomic E-state index is 10.9. The van der Waals surface area contributed by atoms with E-state index in [-0.39, 0.29) is 12.1 Å². The van der Waals surface area contributed by atoms with Gasteiger partial charge in [-0.15, -0.1) is 0 Å². The van der Waals surface area contributed by atoms with Crippen LogP contribution in [0.15, 0.2) is 54.6 Å². The van der Waals surface area contributed by atoms with E-state index in [1.807, 2.05) is 18.2 Å². The molecule has 0 aliphatic carbocycles. The SMILES string of the molecule is O=C1N[C@@H](Cc2ccc(-c3ccccc3)cc2)CO1. The molecule has 1 aliphatic rings. The molecule has 3 nitrogen and oxygen atoms in total. The monoisotopic (exact) mass is 253 g/mol. The number of cyclic esters (lactones) is 1. The van der Waals surface area contributed by atoms with Gasteiger partial charge in [0.15, 0.2) is 0 Å². The first-order valence-electron chi connectivity index (χ1n) is 6.39. The summed E-state index contributed by atoms with van der Waals surface area (Å²) in [5.74, 6) is 0. The van der Waals surface area contributed by atoms with Gasteiger partial charge in [0.05, 0.1) is 6.04 Å². The highest BCUT2D eigenvalue weighted by Gasteiger charge is 2.21. The van der Waals surface area contributed by atoms with Gasteiger partial charge in [-0.25, -0.2) is 4.79 Å². The average molecular weight is 253 g/mol. The predicted octanol–water partition coefficient (Wildman–Crippen LogP) is 3.00. The van der Waals surface area contributed by atoms with Crippen LogP contribution in [0.1, 0.15) is 5.56 Å². The van der Waals surface area contributed by atoms with Crippen LogP contribution in [0.3, 0.4) is 0 Å². The molecular formula is C16H15NO2. The van der Waals surface area contributed by atoms with Crippen molar-refractivity contribution in [3.8, 4) is 11.1 Å². The summed E-state index contributed by atoms with van der Waals surface area (Å²) in [4.78, 5) is 10.9. The Kier molecular flexibility index (Phi) is 3.19. The van der Waals surface area contributed by atoms with Crippen molar-refractivity contribution >= 4 is 6.09 Å². The molecule has 1 fully saturated rings. The molecule has 0 aromatic heterocycles. The zero-order valence-corrected chi connectivity index (χ0v) is 10.5. The fourth-order valence-corrected chi connectivity index (χ4v) is 2.28. The van der Waals surface area contributed by atoms with E-state index in [0.717, 1.165) is 6.42 Å². The highest BCUT2D eigenvalue weighted by Crippen LogP contribution is 2.20. The van der Waals surface area contributed by atoms with E-state index in [2.05, 4.69) is 41.7 Å². The number of amides is 1. The first-order valence-corrected chi connectivity index (χ1v) is 6.39. The van der Waals surface area contributed by atoms with Crippen LogP contribution < -0.4 is 5.32 Å². The third-order valence-corrected chi connectivity index (χ3v) is 3.28. The molecule has 3 rings (SSSR count). The van der Waals surface area contributed by atoms with E-state index < -0.39 is 0 Å². The molecule has 1 atom stereocenters. The first-order chi connectivity index (χ1) is 9.31. The van der Waals surface area contributed by atoms with Crippen molar-refractivity contribution in [3.63, 3.8) is 0 Å². The smallest absolute Gasteiger partial charge is 0.407 e. The molecule has 0 bridgehead atoms. The van der Waals surface area contributed by atoms with Crippen LogP contribution in [0.5, 0.6) is 0 Å². The molecule has 1 N–H and O–H groups in total. The van der Waals surface area contributed by atoms with Crippen LogP contribution in [-0.2, 0) is 11.2 Å². The van der Waals surface area contributed by atoms with E-state index in [9.17, 15) is 4.79 Å². The maximum Gasteiger partial charge on any atom is 0.407 e. The number of benzene rings is 2. The average Bonchev–Trinajstić information content (AvgIpc) is 2.86. The van der Waals surface area contributed by atoms with Gasteiger partial charge in [0.1, 0.15) is 6.61 Å². The van der Waals surface area contributed by atoms with Gasteiger partial charge in [-0.05, 0) is 23.1 Å². The number of hydrogen-bond donors (Lipinski definition) is 1. The summed E-state index contributed by atoms with van der Waals surface area (Å²) in [7, 11) is 0. The Morgan fingerprint density at radius 2 is 1.68 bits per heavy atom. The lowest BCUT2D eigenvalue weighted by molar-refractivity contribution is 0.177. The summed E-state index contributed by atoms with van der Waals surface area (Å²) in [6.07, 6.45) is 0.492. The molecule has 0 saturated carbocycles. The Morgan fingerprint density at radius 3 is 2.32 bits per heavy atom. The van der Waals surface area contributed by atoms with Crippen LogP contribution in [0, 0.1) is 0 Å². The summed E-state index contributed by atoms with van der Waals surface area (Å²) < 4.78 is 4.88. The summed E-state index contributed by atoms with van der Waals surface area (Å²) in [6, 6.07) is 18.8. The summed E-state index contributed by atoms with van der Waals surface area (Å²) in [5.41, 5.74) is 3.62. The van der Waals surface area contributed by atoms with E-state index >= 15 is 0 Å². The maximum atomic E-state index is 10.9. The minimum absolute atomic E-state index is 0.0927. The molecule has 1 aliphatic heterocycles. The number of carbonyl (C=O) groups excluding carboxylic acids is 1. The normalized spacial score (nSPS) is 17.9. The molecule has 0 spiro atoms. The third-order valence-electron chi connectivity index (χ3n) is 3.28. The highest BCUT2D eigenvalue weighted by molar-refractivity contribution is 5.69. The van der Waals surface area contributed by atoms with E-state index in [0.29, 0.717) is 6.61 Å². The Hall–Kier alpha value is -2.29. The van der Waals surface area contributed by atoms with Crippen molar-refractivity contribution in [2.24, 2.45) is 0 Å². The van der Waals surface area contributed by atoms with Gasteiger partial charge in [-0.2, -0.15) is 0 Å². The zero-order valence-electron chi connectivity index (χ0n) is 10.5. The van der Waals surface area contributed by atoms with Crippen molar-refractivity contribution in [2.75, 3.05) is 6.61 Å². The first kappa shape index (κ1) is 11.8. The molecule has 2 aromatic rings. The van der Waals surface area contributed by atoms with Gasteiger partial charge in [-0.1, -0.05) is 54.6 Å². The van der Waals surface area contributed by atoms with Gasteiger partial charge < -0.3 is 10.1 Å². The highest BCUT2D eigenvalue weighted by atomic mass is 16.6. The Morgan fingerprint density at radius 1 is 1.00 bits per heavy atom.